The molecule has 1 aromatic rings. The number of aliphatic carboxylic acids is 1. The number of hydrogen-bond donors (Lipinski definition) is 8. The molecule has 1 heterocycles. The first-order chi connectivity index (χ1) is 13.6. The van der Waals surface area contributed by atoms with Crippen molar-refractivity contribution in [2.75, 3.05) is 6.54 Å². The third-order valence-electron chi connectivity index (χ3n) is 3.99. The number of nitrogens with two attached hydrogens (primary N) is 3. The van der Waals surface area contributed by atoms with Crippen LogP contribution in [-0.4, -0.2) is 74.7 Å². The first-order valence-corrected chi connectivity index (χ1v) is 8.91. The van der Waals surface area contributed by atoms with Crippen LogP contribution in [-0.2, 0) is 20.8 Å². The van der Waals surface area contributed by atoms with Crippen LogP contribution in [0.4, 0.5) is 0 Å². The molecular weight excluding hydrogens is 384 g/mol. The van der Waals surface area contributed by atoms with E-state index in [1.54, 1.807) is 0 Å². The van der Waals surface area contributed by atoms with E-state index in [-0.39, 0.29) is 25.3 Å². The van der Waals surface area contributed by atoms with Gasteiger partial charge in [-0.15, -0.1) is 0 Å². The summed E-state index contributed by atoms with van der Waals surface area (Å²) in [5.41, 5.74) is 16.6. The number of H-pyrrole nitrogens is 1. The molecule has 0 bridgehead atoms. The van der Waals surface area contributed by atoms with Crippen molar-refractivity contribution in [2.24, 2.45) is 22.2 Å². The molecule has 2 amide bonds. The topological polar surface area (TPSA) is 235 Å². The summed E-state index contributed by atoms with van der Waals surface area (Å²) in [6, 6.07) is -3.58. The molecule has 1 rings (SSSR count). The van der Waals surface area contributed by atoms with Gasteiger partial charge in [0.2, 0.25) is 11.8 Å². The Hall–Kier alpha value is -3.19. The number of aliphatic imine (C=N–C) groups is 1. The van der Waals surface area contributed by atoms with E-state index in [2.05, 4.69) is 25.6 Å². The van der Waals surface area contributed by atoms with Gasteiger partial charge in [0.25, 0.3) is 0 Å². The number of amides is 2. The van der Waals surface area contributed by atoms with Gasteiger partial charge in [0, 0.05) is 24.9 Å². The lowest BCUT2D eigenvalue weighted by Crippen LogP contribution is -2.56. The predicted molar refractivity (Wildman–Crippen MR) is 103 cm³/mol. The maximum atomic E-state index is 12.6. The number of carboxylic acid groups (broad SMARTS) is 1. The van der Waals surface area contributed by atoms with Gasteiger partial charge in [0.05, 0.1) is 12.4 Å². The molecule has 0 aromatic carbocycles. The molecule has 162 valence electrons. The zero-order chi connectivity index (χ0) is 22.0. The largest absolute Gasteiger partial charge is 0.480 e. The standard InChI is InChI=1S/C16H28N8O5/c1-8(25)12(17)14(27)23-10(3-2-4-21-16(18)19)13(26)24-11(15(28)29)5-9-6-20-7-22-9/h6-8,10-12,25H,2-5,17H2,1H3,(H,20,22)(H,23,27)(H,24,26)(H,28,29)(H4,18,19,21). The summed E-state index contributed by atoms with van der Waals surface area (Å²) in [6.07, 6.45) is 2.13. The molecular formula is C16H28N8O5. The van der Waals surface area contributed by atoms with Gasteiger partial charge in [-0.05, 0) is 19.8 Å². The van der Waals surface area contributed by atoms with E-state index in [1.807, 2.05) is 0 Å². The molecule has 0 saturated heterocycles. The molecule has 13 heteroatoms. The molecule has 0 spiro atoms. The lowest BCUT2D eigenvalue weighted by molar-refractivity contribution is -0.142. The minimum absolute atomic E-state index is 0.0249. The van der Waals surface area contributed by atoms with Gasteiger partial charge in [-0.25, -0.2) is 9.78 Å². The van der Waals surface area contributed by atoms with Crippen molar-refractivity contribution in [3.63, 3.8) is 0 Å². The van der Waals surface area contributed by atoms with E-state index in [9.17, 15) is 24.6 Å². The van der Waals surface area contributed by atoms with Crippen molar-refractivity contribution in [1.82, 2.24) is 20.6 Å². The van der Waals surface area contributed by atoms with Crippen molar-refractivity contribution in [2.45, 2.75) is 50.4 Å². The van der Waals surface area contributed by atoms with Crippen LogP contribution in [0, 0.1) is 0 Å². The number of aliphatic hydroxyl groups is 1. The number of hydrogen-bond acceptors (Lipinski definition) is 7. The molecule has 0 saturated carbocycles. The fourth-order valence-corrected chi connectivity index (χ4v) is 2.35. The van der Waals surface area contributed by atoms with Gasteiger partial charge < -0.3 is 43.0 Å². The van der Waals surface area contributed by atoms with Crippen LogP contribution in [0.1, 0.15) is 25.5 Å². The number of carboxylic acids is 1. The van der Waals surface area contributed by atoms with Crippen LogP contribution in [0.5, 0.6) is 0 Å². The van der Waals surface area contributed by atoms with Crippen LogP contribution in [0.25, 0.3) is 0 Å². The Kier molecular flexibility index (Phi) is 9.55. The predicted octanol–water partition coefficient (Wildman–Crippen LogP) is -3.23. The van der Waals surface area contributed by atoms with Crippen LogP contribution in [0.3, 0.4) is 0 Å². The average Bonchev–Trinajstić information content (AvgIpc) is 3.15. The maximum absolute atomic E-state index is 12.6. The van der Waals surface area contributed by atoms with Gasteiger partial charge >= 0.3 is 5.97 Å². The van der Waals surface area contributed by atoms with Crippen LogP contribution in [0.2, 0.25) is 0 Å². The smallest absolute Gasteiger partial charge is 0.326 e. The molecule has 11 N–H and O–H groups in total. The van der Waals surface area contributed by atoms with Gasteiger partial charge in [0.1, 0.15) is 18.1 Å². The SMILES string of the molecule is CC(O)C(N)C(=O)NC(CCCN=C(N)N)C(=O)NC(Cc1cnc[nH]1)C(=O)O. The molecule has 0 aliphatic rings. The highest BCUT2D eigenvalue weighted by molar-refractivity contribution is 5.92. The number of carbonyl (C=O) groups excluding carboxylic acids is 2. The van der Waals surface area contributed by atoms with Gasteiger partial charge in [-0.1, -0.05) is 0 Å². The van der Waals surface area contributed by atoms with Crippen molar-refractivity contribution < 1.29 is 24.6 Å². The number of nitrogens with zero attached hydrogens (tertiary/aromatic N) is 2. The number of aromatic amines is 1. The lowest BCUT2D eigenvalue weighted by Gasteiger charge is -2.23. The van der Waals surface area contributed by atoms with Crippen molar-refractivity contribution in [3.8, 4) is 0 Å². The number of nitrogens with one attached hydrogen (secondary N) is 3. The summed E-state index contributed by atoms with van der Waals surface area (Å²) >= 11 is 0. The second kappa shape index (κ2) is 11.6. The van der Waals surface area contributed by atoms with Crippen molar-refractivity contribution in [3.05, 3.63) is 18.2 Å². The number of aromatic nitrogens is 2. The Balaban J connectivity index is 2.83. The van der Waals surface area contributed by atoms with Gasteiger partial charge in [-0.2, -0.15) is 0 Å². The van der Waals surface area contributed by atoms with Gasteiger partial charge in [0.15, 0.2) is 5.96 Å². The molecule has 1 aromatic heterocycles. The Bertz CT molecular complexity index is 702. The highest BCUT2D eigenvalue weighted by atomic mass is 16.4. The number of carbonyl (C=O) groups is 3. The summed E-state index contributed by atoms with van der Waals surface area (Å²) in [5, 5.41) is 23.7. The van der Waals surface area contributed by atoms with Gasteiger partial charge in [-0.3, -0.25) is 14.6 Å². The van der Waals surface area contributed by atoms with Crippen LogP contribution < -0.4 is 27.8 Å². The molecule has 4 atom stereocenters. The molecule has 0 radical (unpaired) electrons. The van der Waals surface area contributed by atoms with Crippen LogP contribution >= 0.6 is 0 Å². The zero-order valence-electron chi connectivity index (χ0n) is 16.0. The third-order valence-corrected chi connectivity index (χ3v) is 3.99. The minimum Gasteiger partial charge on any atom is -0.480 e. The summed E-state index contributed by atoms with van der Waals surface area (Å²) in [4.78, 5) is 46.6. The monoisotopic (exact) mass is 412 g/mol. The van der Waals surface area contributed by atoms with Crippen LogP contribution in [0.15, 0.2) is 17.5 Å². The summed E-state index contributed by atoms with van der Waals surface area (Å²) in [6.45, 7) is 1.55. The highest BCUT2D eigenvalue weighted by Gasteiger charge is 2.29. The third kappa shape index (κ3) is 8.57. The zero-order valence-corrected chi connectivity index (χ0v) is 16.0. The Morgan fingerprint density at radius 1 is 1.24 bits per heavy atom. The molecule has 29 heavy (non-hydrogen) atoms. The van der Waals surface area contributed by atoms with E-state index >= 15 is 0 Å². The molecule has 0 aliphatic carbocycles. The van der Waals surface area contributed by atoms with E-state index in [4.69, 9.17) is 17.2 Å². The van der Waals surface area contributed by atoms with E-state index < -0.39 is 42.0 Å². The van der Waals surface area contributed by atoms with E-state index in [1.165, 1.54) is 19.4 Å². The van der Waals surface area contributed by atoms with Crippen molar-refractivity contribution >= 4 is 23.7 Å². The van der Waals surface area contributed by atoms with E-state index in [0.29, 0.717) is 12.1 Å². The Morgan fingerprint density at radius 2 is 1.90 bits per heavy atom. The quantitative estimate of drug-likeness (QED) is 0.0976. The highest BCUT2D eigenvalue weighted by Crippen LogP contribution is 2.04. The van der Waals surface area contributed by atoms with E-state index in [0.717, 1.165) is 0 Å². The minimum atomic E-state index is -1.25. The second-order valence-corrected chi connectivity index (χ2v) is 6.46. The normalized spacial score (nSPS) is 14.9. The van der Waals surface area contributed by atoms with Crippen molar-refractivity contribution in [1.29, 1.82) is 0 Å². The lowest BCUT2D eigenvalue weighted by atomic mass is 10.1. The summed E-state index contributed by atoms with van der Waals surface area (Å²) in [7, 11) is 0. The number of guanidine groups is 1. The first kappa shape index (κ1) is 23.8. The second-order valence-electron chi connectivity index (χ2n) is 6.46. The number of imidazole rings is 1. The molecule has 4 unspecified atom stereocenters. The molecule has 0 fully saturated rings. The molecule has 0 aliphatic heterocycles. The Labute approximate surface area is 167 Å². The summed E-state index contributed by atoms with van der Waals surface area (Å²) < 4.78 is 0. The number of aliphatic hydroxyl groups excluding tert-OH is 1. The maximum Gasteiger partial charge on any atom is 0.326 e. The Morgan fingerprint density at radius 3 is 2.41 bits per heavy atom. The average molecular weight is 412 g/mol. The fourth-order valence-electron chi connectivity index (χ4n) is 2.35. The first-order valence-electron chi connectivity index (χ1n) is 8.91. The molecule has 13 nitrogen and oxygen atoms in total. The summed E-state index contributed by atoms with van der Waals surface area (Å²) in [5.74, 6) is -2.83. The fraction of sp³-hybridized carbons (Fsp3) is 0.562. The number of rotatable bonds is 12.